The van der Waals surface area contributed by atoms with E-state index in [9.17, 15) is 18.8 Å². The maximum absolute atomic E-state index is 14.0. The number of halogens is 2. The molecule has 3 aromatic carbocycles. The van der Waals surface area contributed by atoms with Crippen molar-refractivity contribution in [2.24, 2.45) is 0 Å². The molecule has 1 N–H and O–H groups in total. The predicted octanol–water partition coefficient (Wildman–Crippen LogP) is 4.71. The van der Waals surface area contributed by atoms with E-state index in [4.69, 9.17) is 11.6 Å². The highest BCUT2D eigenvalue weighted by Gasteiger charge is 2.61. The molecule has 6 nitrogen and oxygen atoms in total. The number of hydrogen-bond donors (Lipinski definition) is 1. The summed E-state index contributed by atoms with van der Waals surface area (Å²) < 4.78 is 13.6. The Balaban J connectivity index is 1.55. The Morgan fingerprint density at radius 1 is 1.12 bits per heavy atom. The lowest BCUT2D eigenvalue weighted by Gasteiger charge is -2.33. The van der Waals surface area contributed by atoms with Crippen LogP contribution in [0.3, 0.4) is 0 Å². The van der Waals surface area contributed by atoms with E-state index in [-0.39, 0.29) is 18.2 Å². The topological polar surface area (TPSA) is 69.7 Å². The summed E-state index contributed by atoms with van der Waals surface area (Å²) in [5.74, 6) is -1.45. The second kappa shape index (κ2) is 8.45. The van der Waals surface area contributed by atoms with Crippen molar-refractivity contribution in [2.75, 3.05) is 27.4 Å². The van der Waals surface area contributed by atoms with E-state index in [1.54, 1.807) is 30.3 Å². The average molecular weight is 496 g/mol. The van der Waals surface area contributed by atoms with Crippen LogP contribution in [0.25, 0.3) is 0 Å². The summed E-state index contributed by atoms with van der Waals surface area (Å²) in [7, 11) is 0. The van der Waals surface area contributed by atoms with Crippen LogP contribution >= 0.6 is 23.4 Å². The molecule has 0 bridgehead atoms. The summed E-state index contributed by atoms with van der Waals surface area (Å²) in [4.78, 5) is 41.3. The highest BCUT2D eigenvalue weighted by Crippen LogP contribution is 2.55. The smallest absolute Gasteiger partial charge is 0.269 e. The van der Waals surface area contributed by atoms with Crippen molar-refractivity contribution in [2.45, 2.75) is 11.8 Å². The van der Waals surface area contributed by atoms with Crippen molar-refractivity contribution < 1.29 is 18.8 Å². The second-order valence-electron chi connectivity index (χ2n) is 8.08. The van der Waals surface area contributed by atoms with Crippen LogP contribution in [0.15, 0.2) is 66.7 Å². The Kier molecular flexibility index (Phi) is 5.58. The molecule has 9 heteroatoms. The summed E-state index contributed by atoms with van der Waals surface area (Å²) >= 11 is 7.36. The number of benzene rings is 3. The molecule has 0 saturated carbocycles. The van der Waals surface area contributed by atoms with E-state index in [0.29, 0.717) is 27.6 Å². The van der Waals surface area contributed by atoms with Gasteiger partial charge in [0.1, 0.15) is 12.4 Å². The molecule has 2 heterocycles. The van der Waals surface area contributed by atoms with Crippen LogP contribution in [0.1, 0.15) is 11.1 Å². The van der Waals surface area contributed by atoms with Crippen LogP contribution in [0.5, 0.6) is 0 Å². The molecule has 3 aromatic rings. The number of fused-ring (bicyclic) bond motifs is 2. The summed E-state index contributed by atoms with van der Waals surface area (Å²) in [6.45, 7) is 1.64. The van der Waals surface area contributed by atoms with Crippen LogP contribution in [0, 0.1) is 12.7 Å². The first kappa shape index (κ1) is 22.4. The third-order valence-electron chi connectivity index (χ3n) is 5.85. The van der Waals surface area contributed by atoms with Gasteiger partial charge < -0.3 is 5.32 Å². The summed E-state index contributed by atoms with van der Waals surface area (Å²) in [6, 6.07) is 17.8. The van der Waals surface area contributed by atoms with Gasteiger partial charge >= 0.3 is 0 Å². The van der Waals surface area contributed by atoms with Crippen LogP contribution in [-0.2, 0) is 19.3 Å². The molecular weight excluding hydrogens is 477 g/mol. The Hall–Kier alpha value is -3.36. The summed E-state index contributed by atoms with van der Waals surface area (Å²) in [5, 5.41) is 3.13. The number of amides is 3. The maximum Gasteiger partial charge on any atom is 0.269 e. The third-order valence-corrected chi connectivity index (χ3v) is 7.56. The highest BCUT2D eigenvalue weighted by atomic mass is 35.5. The Labute approximate surface area is 204 Å². The van der Waals surface area contributed by atoms with Gasteiger partial charge in [0.25, 0.3) is 5.91 Å². The van der Waals surface area contributed by atoms with Gasteiger partial charge in [-0.05, 0) is 49.4 Å². The monoisotopic (exact) mass is 495 g/mol. The number of aryl methyl sites for hydroxylation is 1. The van der Waals surface area contributed by atoms with E-state index in [0.717, 1.165) is 5.56 Å². The van der Waals surface area contributed by atoms with Gasteiger partial charge in [0.05, 0.1) is 22.2 Å². The first-order valence-corrected chi connectivity index (χ1v) is 11.9. The number of carbonyl (C=O) groups is 3. The molecule has 2 aliphatic heterocycles. The zero-order chi connectivity index (χ0) is 24.0. The molecule has 0 aromatic heterocycles. The van der Waals surface area contributed by atoms with Gasteiger partial charge in [0, 0.05) is 11.3 Å². The molecule has 1 fully saturated rings. The van der Waals surface area contributed by atoms with E-state index in [1.807, 2.05) is 19.1 Å². The van der Waals surface area contributed by atoms with Crippen molar-refractivity contribution >= 4 is 58.1 Å². The normalized spacial score (nSPS) is 19.1. The van der Waals surface area contributed by atoms with E-state index in [1.165, 1.54) is 45.8 Å². The predicted molar refractivity (Wildman–Crippen MR) is 132 cm³/mol. The van der Waals surface area contributed by atoms with Gasteiger partial charge in [0.15, 0.2) is 0 Å². The minimum absolute atomic E-state index is 0.0795. The summed E-state index contributed by atoms with van der Waals surface area (Å²) in [5.41, 5.74) is 2.95. The van der Waals surface area contributed by atoms with Gasteiger partial charge in [-0.1, -0.05) is 41.4 Å². The number of rotatable bonds is 4. The lowest BCUT2D eigenvalue weighted by atomic mass is 10.0. The minimum Gasteiger partial charge on any atom is -0.323 e. The van der Waals surface area contributed by atoms with E-state index in [2.05, 4.69) is 5.32 Å². The Morgan fingerprint density at radius 2 is 1.85 bits per heavy atom. The molecule has 0 unspecified atom stereocenters. The van der Waals surface area contributed by atoms with Gasteiger partial charge in [0.2, 0.25) is 16.7 Å². The van der Waals surface area contributed by atoms with Gasteiger partial charge in [-0.3, -0.25) is 24.2 Å². The first-order chi connectivity index (χ1) is 16.3. The largest absolute Gasteiger partial charge is 0.323 e. The molecule has 5 rings (SSSR count). The zero-order valence-electron chi connectivity index (χ0n) is 18.0. The molecule has 3 amide bonds. The molecule has 1 saturated heterocycles. The minimum atomic E-state index is -1.37. The van der Waals surface area contributed by atoms with Crippen LogP contribution in [0.4, 0.5) is 21.5 Å². The van der Waals surface area contributed by atoms with Crippen molar-refractivity contribution in [1.29, 1.82) is 0 Å². The SMILES string of the molecule is Cc1ccc2c(c1)[C@@]1(SCC(=O)N1c1ccc(F)cc1)C(=O)N2CC(=O)Nc1ccccc1Cl. The van der Waals surface area contributed by atoms with Gasteiger partial charge in [-0.25, -0.2) is 4.39 Å². The van der Waals surface area contributed by atoms with Crippen molar-refractivity contribution in [1.82, 2.24) is 0 Å². The molecule has 1 atom stereocenters. The lowest BCUT2D eigenvalue weighted by molar-refractivity contribution is -0.124. The zero-order valence-corrected chi connectivity index (χ0v) is 19.6. The van der Waals surface area contributed by atoms with E-state index < -0.39 is 22.5 Å². The average Bonchev–Trinajstić information content (AvgIpc) is 3.27. The molecule has 172 valence electrons. The quantitative estimate of drug-likeness (QED) is 0.569. The van der Waals surface area contributed by atoms with Crippen molar-refractivity contribution in [3.05, 3.63) is 88.7 Å². The maximum atomic E-state index is 14.0. The standard InChI is InChI=1S/C25H19ClFN3O3S/c1-15-6-11-21-18(12-15)25(30(23(32)14-34-25)17-9-7-16(27)8-10-17)24(33)29(21)13-22(31)28-20-5-3-2-4-19(20)26/h2-12H,13-14H2,1H3,(H,28,31)/t25-/m1/s1. The van der Waals surface area contributed by atoms with E-state index >= 15 is 0 Å². The molecule has 1 spiro atoms. The number of nitrogens with one attached hydrogen (secondary N) is 1. The molecular formula is C25H19ClFN3O3S. The van der Waals surface area contributed by atoms with Crippen LogP contribution in [0.2, 0.25) is 5.02 Å². The summed E-state index contributed by atoms with van der Waals surface area (Å²) in [6.07, 6.45) is 0. The number of hydrogen-bond acceptors (Lipinski definition) is 4. The Morgan fingerprint density at radius 3 is 2.59 bits per heavy atom. The number of thioether (sulfide) groups is 1. The number of nitrogens with zero attached hydrogens (tertiary/aromatic N) is 2. The third kappa shape index (κ3) is 3.54. The van der Waals surface area contributed by atoms with Gasteiger partial charge in [-0.2, -0.15) is 0 Å². The Bertz CT molecular complexity index is 1330. The molecule has 2 aliphatic rings. The lowest BCUT2D eigenvalue weighted by Crippen LogP contribution is -2.50. The van der Waals surface area contributed by atoms with Gasteiger partial charge in [-0.15, -0.1) is 11.8 Å². The van der Waals surface area contributed by atoms with Crippen LogP contribution < -0.4 is 15.1 Å². The number of para-hydroxylation sites is 1. The van der Waals surface area contributed by atoms with Crippen LogP contribution in [-0.4, -0.2) is 30.0 Å². The molecule has 0 aliphatic carbocycles. The fourth-order valence-corrected chi connectivity index (χ4v) is 5.89. The first-order valence-electron chi connectivity index (χ1n) is 10.5. The fourth-order valence-electron chi connectivity index (χ4n) is 4.36. The molecule has 34 heavy (non-hydrogen) atoms. The number of carbonyl (C=O) groups excluding carboxylic acids is 3. The van der Waals surface area contributed by atoms with Crippen molar-refractivity contribution in [3.8, 4) is 0 Å². The molecule has 0 radical (unpaired) electrons. The van der Waals surface area contributed by atoms with Crippen molar-refractivity contribution in [3.63, 3.8) is 0 Å². The number of anilines is 3. The fraction of sp³-hybridized carbons (Fsp3) is 0.160. The second-order valence-corrected chi connectivity index (χ2v) is 9.65. The highest BCUT2D eigenvalue weighted by molar-refractivity contribution is 8.02.